The fourth-order valence-electron chi connectivity index (χ4n) is 0.778. The van der Waals surface area contributed by atoms with Crippen molar-refractivity contribution in [1.29, 1.82) is 0 Å². The second kappa shape index (κ2) is 3.36. The van der Waals surface area contributed by atoms with E-state index in [2.05, 4.69) is 4.98 Å². The third-order valence-corrected chi connectivity index (χ3v) is 1.29. The second-order valence-electron chi connectivity index (χ2n) is 2.33. The minimum atomic E-state index is -0.747. The van der Waals surface area contributed by atoms with Crippen molar-refractivity contribution in [2.24, 2.45) is 0 Å². The third kappa shape index (κ3) is 2.21. The standard InChI is InChI=1S/C6H11N3O2/c7-6-2-9(4-8-6)1-5(11)3-10/h2,4-5,10-11H,1,3,7H2. The van der Waals surface area contributed by atoms with Gasteiger partial charge < -0.3 is 20.5 Å². The van der Waals surface area contributed by atoms with E-state index in [0.29, 0.717) is 12.4 Å². The first-order chi connectivity index (χ1) is 5.22. The Hall–Kier alpha value is -1.07. The van der Waals surface area contributed by atoms with Crippen molar-refractivity contribution >= 4 is 5.82 Å². The molecular formula is C6H11N3O2. The maximum Gasteiger partial charge on any atom is 0.141 e. The van der Waals surface area contributed by atoms with Gasteiger partial charge in [0, 0.05) is 6.20 Å². The molecular weight excluding hydrogens is 146 g/mol. The molecule has 11 heavy (non-hydrogen) atoms. The zero-order valence-electron chi connectivity index (χ0n) is 6.01. The van der Waals surface area contributed by atoms with E-state index in [1.165, 1.54) is 6.33 Å². The molecule has 1 heterocycles. The lowest BCUT2D eigenvalue weighted by Gasteiger charge is -2.06. The smallest absolute Gasteiger partial charge is 0.141 e. The molecule has 0 radical (unpaired) electrons. The Morgan fingerprint density at radius 1 is 1.73 bits per heavy atom. The Balaban J connectivity index is 2.50. The van der Waals surface area contributed by atoms with Crippen molar-refractivity contribution in [1.82, 2.24) is 9.55 Å². The minimum absolute atomic E-state index is 0.252. The highest BCUT2D eigenvalue weighted by molar-refractivity contribution is 5.22. The summed E-state index contributed by atoms with van der Waals surface area (Å²) in [7, 11) is 0. The maximum atomic E-state index is 8.98. The van der Waals surface area contributed by atoms with Gasteiger partial charge in [0.15, 0.2) is 0 Å². The Morgan fingerprint density at radius 2 is 2.45 bits per heavy atom. The van der Waals surface area contributed by atoms with Gasteiger partial charge in [-0.25, -0.2) is 4.98 Å². The molecule has 0 bridgehead atoms. The second-order valence-corrected chi connectivity index (χ2v) is 2.33. The van der Waals surface area contributed by atoms with Gasteiger partial charge in [-0.1, -0.05) is 0 Å². The summed E-state index contributed by atoms with van der Waals surface area (Å²) in [6.45, 7) is 0.0682. The molecule has 0 aliphatic heterocycles. The number of aliphatic hydroxyl groups is 2. The van der Waals surface area contributed by atoms with Crippen LogP contribution in [0.4, 0.5) is 5.82 Å². The highest BCUT2D eigenvalue weighted by Gasteiger charge is 2.02. The highest BCUT2D eigenvalue weighted by atomic mass is 16.3. The fourth-order valence-corrected chi connectivity index (χ4v) is 0.778. The zero-order chi connectivity index (χ0) is 8.27. The summed E-state index contributed by atoms with van der Waals surface area (Å²) in [6, 6.07) is 0. The number of hydrogen-bond acceptors (Lipinski definition) is 4. The fraction of sp³-hybridized carbons (Fsp3) is 0.500. The molecule has 1 aromatic heterocycles. The number of aromatic nitrogens is 2. The zero-order valence-corrected chi connectivity index (χ0v) is 6.01. The van der Waals surface area contributed by atoms with E-state index in [-0.39, 0.29) is 6.61 Å². The molecule has 0 aromatic carbocycles. The van der Waals surface area contributed by atoms with Crippen LogP contribution in [0.25, 0.3) is 0 Å². The monoisotopic (exact) mass is 157 g/mol. The van der Waals surface area contributed by atoms with Crippen molar-refractivity contribution in [3.63, 3.8) is 0 Å². The van der Waals surface area contributed by atoms with Crippen molar-refractivity contribution in [3.05, 3.63) is 12.5 Å². The van der Waals surface area contributed by atoms with E-state index in [4.69, 9.17) is 15.9 Å². The molecule has 5 nitrogen and oxygen atoms in total. The van der Waals surface area contributed by atoms with Gasteiger partial charge >= 0.3 is 0 Å². The molecule has 1 rings (SSSR count). The van der Waals surface area contributed by atoms with E-state index >= 15 is 0 Å². The van der Waals surface area contributed by atoms with E-state index in [0.717, 1.165) is 0 Å². The van der Waals surface area contributed by atoms with Crippen LogP contribution in [-0.4, -0.2) is 32.5 Å². The number of nitrogens with two attached hydrogens (primary N) is 1. The molecule has 5 heteroatoms. The number of anilines is 1. The number of nitrogens with zero attached hydrogens (tertiary/aromatic N) is 2. The van der Waals surface area contributed by atoms with Crippen LogP contribution in [-0.2, 0) is 6.54 Å². The van der Waals surface area contributed by atoms with Gasteiger partial charge in [-0.3, -0.25) is 0 Å². The van der Waals surface area contributed by atoms with Gasteiger partial charge in [0.2, 0.25) is 0 Å². The first kappa shape index (κ1) is 8.03. The van der Waals surface area contributed by atoms with Crippen LogP contribution < -0.4 is 5.73 Å². The Morgan fingerprint density at radius 3 is 2.91 bits per heavy atom. The quantitative estimate of drug-likeness (QED) is 0.515. The van der Waals surface area contributed by atoms with E-state index in [1.807, 2.05) is 0 Å². The average Bonchev–Trinajstić information content (AvgIpc) is 2.35. The SMILES string of the molecule is Nc1cn(CC(O)CO)cn1. The molecule has 62 valence electrons. The number of imidazole rings is 1. The summed E-state index contributed by atoms with van der Waals surface area (Å²) in [5.41, 5.74) is 5.32. The number of rotatable bonds is 3. The van der Waals surface area contributed by atoms with Gasteiger partial charge in [-0.2, -0.15) is 0 Å². The molecule has 0 aliphatic rings. The lowest BCUT2D eigenvalue weighted by Crippen LogP contribution is -2.18. The lowest BCUT2D eigenvalue weighted by molar-refractivity contribution is 0.0812. The topological polar surface area (TPSA) is 84.3 Å². The van der Waals surface area contributed by atoms with Gasteiger partial charge in [0.05, 0.1) is 25.6 Å². The highest BCUT2D eigenvalue weighted by Crippen LogP contribution is 1.97. The van der Waals surface area contributed by atoms with E-state index in [1.54, 1.807) is 10.8 Å². The minimum Gasteiger partial charge on any atom is -0.394 e. The van der Waals surface area contributed by atoms with Gasteiger partial charge in [-0.05, 0) is 0 Å². The van der Waals surface area contributed by atoms with Crippen LogP contribution in [0.2, 0.25) is 0 Å². The van der Waals surface area contributed by atoms with Crippen molar-refractivity contribution in [2.45, 2.75) is 12.6 Å². The molecule has 0 fully saturated rings. The summed E-state index contributed by atoms with van der Waals surface area (Å²) in [5.74, 6) is 0.412. The first-order valence-corrected chi connectivity index (χ1v) is 3.28. The van der Waals surface area contributed by atoms with E-state index < -0.39 is 6.10 Å². The van der Waals surface area contributed by atoms with E-state index in [9.17, 15) is 0 Å². The molecule has 0 spiro atoms. The number of aliphatic hydroxyl groups excluding tert-OH is 2. The predicted molar refractivity (Wildman–Crippen MR) is 39.7 cm³/mol. The Kier molecular flexibility index (Phi) is 2.45. The van der Waals surface area contributed by atoms with Crippen LogP contribution in [0.1, 0.15) is 0 Å². The van der Waals surface area contributed by atoms with Gasteiger partial charge in [-0.15, -0.1) is 0 Å². The molecule has 0 saturated heterocycles. The van der Waals surface area contributed by atoms with Crippen LogP contribution in [0.3, 0.4) is 0 Å². The number of nitrogen functional groups attached to an aromatic ring is 1. The average molecular weight is 157 g/mol. The van der Waals surface area contributed by atoms with Crippen LogP contribution in [0, 0.1) is 0 Å². The summed E-state index contributed by atoms with van der Waals surface area (Å²) in [4.78, 5) is 3.75. The summed E-state index contributed by atoms with van der Waals surface area (Å²) in [6.07, 6.45) is 2.36. The van der Waals surface area contributed by atoms with Crippen molar-refractivity contribution in [2.75, 3.05) is 12.3 Å². The molecule has 0 amide bonds. The Labute approximate surface area is 64.1 Å². The van der Waals surface area contributed by atoms with Crippen LogP contribution in [0.15, 0.2) is 12.5 Å². The first-order valence-electron chi connectivity index (χ1n) is 3.28. The van der Waals surface area contributed by atoms with Gasteiger partial charge in [0.25, 0.3) is 0 Å². The molecule has 1 aromatic rings. The summed E-state index contributed by atoms with van der Waals surface area (Å²) in [5, 5.41) is 17.5. The normalized spacial score (nSPS) is 13.3. The van der Waals surface area contributed by atoms with Crippen LogP contribution >= 0.6 is 0 Å². The third-order valence-electron chi connectivity index (χ3n) is 1.29. The molecule has 4 N–H and O–H groups in total. The molecule has 1 atom stereocenters. The Bertz CT molecular complexity index is 223. The largest absolute Gasteiger partial charge is 0.394 e. The molecule has 1 unspecified atom stereocenters. The predicted octanol–water partition coefficient (Wildman–Crippen LogP) is -1.18. The lowest BCUT2D eigenvalue weighted by atomic mass is 10.4. The van der Waals surface area contributed by atoms with Crippen molar-refractivity contribution in [3.8, 4) is 0 Å². The molecule has 0 saturated carbocycles. The molecule has 0 aliphatic carbocycles. The van der Waals surface area contributed by atoms with Gasteiger partial charge in [0.1, 0.15) is 5.82 Å². The summed E-state index contributed by atoms with van der Waals surface area (Å²) >= 11 is 0. The van der Waals surface area contributed by atoms with Crippen LogP contribution in [0.5, 0.6) is 0 Å². The number of hydrogen-bond donors (Lipinski definition) is 3. The van der Waals surface area contributed by atoms with Crippen molar-refractivity contribution < 1.29 is 10.2 Å². The maximum absolute atomic E-state index is 8.98. The summed E-state index contributed by atoms with van der Waals surface area (Å²) < 4.78 is 1.62.